The molecule has 22 heavy (non-hydrogen) atoms. The van der Waals surface area contributed by atoms with Gasteiger partial charge in [0.2, 0.25) is 0 Å². The summed E-state index contributed by atoms with van der Waals surface area (Å²) in [7, 11) is 0. The number of carbonyl (C=O) groups is 1. The van der Waals surface area contributed by atoms with Crippen LogP contribution in [0, 0.1) is 13.8 Å². The molecule has 2 aromatic rings. The number of aryl methyl sites for hydroxylation is 2. The van der Waals surface area contributed by atoms with E-state index in [4.69, 9.17) is 0 Å². The Hall–Kier alpha value is -1.40. The van der Waals surface area contributed by atoms with Gasteiger partial charge in [0.25, 0.3) is 5.91 Å². The van der Waals surface area contributed by atoms with Crippen molar-refractivity contribution in [3.63, 3.8) is 0 Å². The number of hydrogen-bond donors (Lipinski definition) is 1. The Balaban J connectivity index is 2.21. The van der Waals surface area contributed by atoms with Crippen molar-refractivity contribution >= 4 is 39.3 Å². The minimum Gasteiger partial charge on any atom is -0.320 e. The van der Waals surface area contributed by atoms with Gasteiger partial charge in [0, 0.05) is 17.6 Å². The van der Waals surface area contributed by atoms with Gasteiger partial charge in [-0.2, -0.15) is 0 Å². The van der Waals surface area contributed by atoms with Crippen molar-refractivity contribution in [2.45, 2.75) is 32.3 Å². The van der Waals surface area contributed by atoms with Gasteiger partial charge < -0.3 is 5.32 Å². The second-order valence-electron chi connectivity index (χ2n) is 4.97. The number of rotatable bonds is 5. The van der Waals surface area contributed by atoms with E-state index in [2.05, 4.69) is 38.1 Å². The zero-order valence-corrected chi connectivity index (χ0v) is 15.2. The van der Waals surface area contributed by atoms with Crippen LogP contribution in [0.4, 0.5) is 5.69 Å². The smallest absolute Gasteiger partial charge is 0.275 e. The summed E-state index contributed by atoms with van der Waals surface area (Å²) in [6.45, 7) is 6.09. The van der Waals surface area contributed by atoms with Crippen molar-refractivity contribution in [1.82, 2.24) is 9.97 Å². The van der Waals surface area contributed by atoms with Crippen LogP contribution in [0.5, 0.6) is 0 Å². The van der Waals surface area contributed by atoms with Gasteiger partial charge in [-0.3, -0.25) is 4.79 Å². The van der Waals surface area contributed by atoms with Gasteiger partial charge in [-0.1, -0.05) is 36.4 Å². The predicted octanol–water partition coefficient (Wildman–Crippen LogP) is 4.61. The maximum Gasteiger partial charge on any atom is 0.275 e. The highest BCUT2D eigenvalue weighted by atomic mass is 79.9. The molecule has 0 unspecified atom stereocenters. The summed E-state index contributed by atoms with van der Waals surface area (Å²) in [5.41, 5.74) is 3.34. The van der Waals surface area contributed by atoms with Gasteiger partial charge in [0.05, 0.1) is 4.47 Å². The molecule has 0 aliphatic carbocycles. The van der Waals surface area contributed by atoms with Crippen LogP contribution in [0.15, 0.2) is 34.0 Å². The van der Waals surface area contributed by atoms with Crippen LogP contribution in [0.2, 0.25) is 0 Å². The molecule has 0 aliphatic heterocycles. The molecule has 1 heterocycles. The summed E-state index contributed by atoms with van der Waals surface area (Å²) >= 11 is 4.90. The van der Waals surface area contributed by atoms with Gasteiger partial charge in [-0.25, -0.2) is 9.97 Å². The Kier molecular flexibility index (Phi) is 5.97. The first-order valence-corrected chi connectivity index (χ1v) is 8.83. The third-order valence-electron chi connectivity index (χ3n) is 3.00. The number of amides is 1. The molecule has 6 heteroatoms. The lowest BCUT2D eigenvalue weighted by molar-refractivity contribution is 0.102. The number of carbonyl (C=O) groups excluding carboxylic acids is 1. The van der Waals surface area contributed by atoms with Crippen molar-refractivity contribution in [2.24, 2.45) is 0 Å². The van der Waals surface area contributed by atoms with E-state index in [9.17, 15) is 4.79 Å². The van der Waals surface area contributed by atoms with Crippen molar-refractivity contribution in [1.29, 1.82) is 0 Å². The van der Waals surface area contributed by atoms with Crippen molar-refractivity contribution in [3.05, 3.63) is 45.7 Å². The van der Waals surface area contributed by atoms with Crippen LogP contribution < -0.4 is 5.32 Å². The number of halogens is 1. The van der Waals surface area contributed by atoms with Crippen molar-refractivity contribution in [3.8, 4) is 0 Å². The number of thioether (sulfide) groups is 1. The van der Waals surface area contributed by atoms with E-state index in [0.29, 0.717) is 15.3 Å². The molecule has 1 aromatic carbocycles. The lowest BCUT2D eigenvalue weighted by atomic mass is 10.1. The lowest BCUT2D eigenvalue weighted by Gasteiger charge is -2.10. The Morgan fingerprint density at radius 3 is 2.82 bits per heavy atom. The summed E-state index contributed by atoms with van der Waals surface area (Å²) < 4.78 is 0.593. The molecule has 0 spiro atoms. The molecular weight excluding hydrogens is 362 g/mol. The van der Waals surface area contributed by atoms with E-state index in [1.165, 1.54) is 0 Å². The Bertz CT molecular complexity index is 691. The lowest BCUT2D eigenvalue weighted by Crippen LogP contribution is -2.16. The van der Waals surface area contributed by atoms with E-state index in [-0.39, 0.29) is 5.91 Å². The Morgan fingerprint density at radius 1 is 1.36 bits per heavy atom. The fourth-order valence-electron chi connectivity index (χ4n) is 1.91. The van der Waals surface area contributed by atoms with Gasteiger partial charge >= 0.3 is 0 Å². The molecular formula is C16H18BrN3OS. The molecule has 116 valence electrons. The van der Waals surface area contributed by atoms with Crippen LogP contribution >= 0.6 is 27.7 Å². The number of aromatic nitrogens is 2. The molecule has 1 aromatic heterocycles. The molecule has 0 atom stereocenters. The maximum absolute atomic E-state index is 12.5. The minimum atomic E-state index is -0.237. The first-order valence-electron chi connectivity index (χ1n) is 7.05. The molecule has 4 nitrogen and oxygen atoms in total. The van der Waals surface area contributed by atoms with Crippen LogP contribution in [0.3, 0.4) is 0 Å². The van der Waals surface area contributed by atoms with Crippen LogP contribution in [-0.2, 0) is 0 Å². The molecule has 0 radical (unpaired) electrons. The van der Waals surface area contributed by atoms with Crippen molar-refractivity contribution < 1.29 is 4.79 Å². The summed E-state index contributed by atoms with van der Waals surface area (Å²) in [6, 6.07) is 5.91. The van der Waals surface area contributed by atoms with E-state index >= 15 is 0 Å². The van der Waals surface area contributed by atoms with Crippen LogP contribution in [-0.4, -0.2) is 21.6 Å². The third kappa shape index (κ3) is 4.30. The molecule has 0 aliphatic rings. The van der Waals surface area contributed by atoms with Gasteiger partial charge in [-0.15, -0.1) is 0 Å². The Morgan fingerprint density at radius 2 is 2.14 bits per heavy atom. The highest BCUT2D eigenvalue weighted by Crippen LogP contribution is 2.22. The number of benzene rings is 1. The minimum absolute atomic E-state index is 0.237. The van der Waals surface area contributed by atoms with E-state index in [1.807, 2.05) is 32.0 Å². The topological polar surface area (TPSA) is 54.9 Å². The monoisotopic (exact) mass is 379 g/mol. The second kappa shape index (κ2) is 7.74. The average molecular weight is 380 g/mol. The largest absolute Gasteiger partial charge is 0.320 e. The Labute approximate surface area is 143 Å². The van der Waals surface area contributed by atoms with E-state index in [0.717, 1.165) is 29.0 Å². The molecule has 1 N–H and O–H groups in total. The number of anilines is 1. The third-order valence-corrected chi connectivity index (χ3v) is 4.65. The zero-order valence-electron chi connectivity index (χ0n) is 12.8. The fourth-order valence-corrected chi connectivity index (χ4v) is 2.95. The summed E-state index contributed by atoms with van der Waals surface area (Å²) in [4.78, 5) is 21.0. The highest BCUT2D eigenvalue weighted by molar-refractivity contribution is 9.10. The fraction of sp³-hybridized carbons (Fsp3) is 0.312. The van der Waals surface area contributed by atoms with E-state index < -0.39 is 0 Å². The molecule has 1 amide bonds. The van der Waals surface area contributed by atoms with Crippen LogP contribution in [0.25, 0.3) is 0 Å². The quantitative estimate of drug-likeness (QED) is 0.608. The standard InChI is InChI=1S/C16H18BrN3OS/c1-4-7-22-16-18-9-12(17)14(20-16)15(21)19-13-6-5-10(2)8-11(13)3/h5-6,8-9H,4,7H2,1-3H3,(H,19,21). The van der Waals surface area contributed by atoms with Gasteiger partial charge in [0.15, 0.2) is 5.16 Å². The molecule has 0 saturated heterocycles. The average Bonchev–Trinajstić information content (AvgIpc) is 2.49. The van der Waals surface area contributed by atoms with Crippen molar-refractivity contribution in [2.75, 3.05) is 11.1 Å². The van der Waals surface area contributed by atoms with Gasteiger partial charge in [0.1, 0.15) is 5.69 Å². The maximum atomic E-state index is 12.5. The summed E-state index contributed by atoms with van der Waals surface area (Å²) in [5.74, 6) is 0.694. The molecule has 0 bridgehead atoms. The SMILES string of the molecule is CCCSc1ncc(Br)c(C(=O)Nc2ccc(C)cc2C)n1. The molecule has 2 rings (SSSR count). The normalized spacial score (nSPS) is 10.5. The van der Waals surface area contributed by atoms with Gasteiger partial charge in [-0.05, 0) is 47.8 Å². The summed E-state index contributed by atoms with van der Waals surface area (Å²) in [6.07, 6.45) is 2.66. The predicted molar refractivity (Wildman–Crippen MR) is 94.6 cm³/mol. The second-order valence-corrected chi connectivity index (χ2v) is 6.89. The van der Waals surface area contributed by atoms with Crippen LogP contribution in [0.1, 0.15) is 35.0 Å². The first-order chi connectivity index (χ1) is 10.5. The molecule has 0 fully saturated rings. The highest BCUT2D eigenvalue weighted by Gasteiger charge is 2.15. The zero-order chi connectivity index (χ0) is 16.1. The van der Waals surface area contributed by atoms with E-state index in [1.54, 1.807) is 18.0 Å². The number of hydrogen-bond acceptors (Lipinski definition) is 4. The number of nitrogens with zero attached hydrogens (tertiary/aromatic N) is 2. The first kappa shape index (κ1) is 17.0. The summed E-state index contributed by atoms with van der Waals surface area (Å²) in [5, 5.41) is 3.53. The molecule has 0 saturated carbocycles. The number of nitrogens with one attached hydrogen (secondary N) is 1.